The highest BCUT2D eigenvalue weighted by molar-refractivity contribution is 5.67. The quantitative estimate of drug-likeness (QED) is 0.682. The van der Waals surface area contributed by atoms with Gasteiger partial charge in [0.1, 0.15) is 11.6 Å². The van der Waals surface area contributed by atoms with E-state index in [2.05, 4.69) is 20.7 Å². The lowest BCUT2D eigenvalue weighted by Gasteiger charge is -2.30. The minimum Gasteiger partial charge on any atom is -0.391 e. The van der Waals surface area contributed by atoms with Crippen molar-refractivity contribution in [2.45, 2.75) is 18.6 Å². The van der Waals surface area contributed by atoms with Crippen molar-refractivity contribution in [1.29, 1.82) is 0 Å². The van der Waals surface area contributed by atoms with E-state index in [0.717, 1.165) is 6.54 Å². The molecular formula is C17H18FN5O. The molecule has 1 fully saturated rings. The standard InChI is InChI=1S/C17H18FN5O/c18-12-4-2-1-3-11(12)13-9-17(23-16(21-13)6-8-20-23)22-14-10-19-7-5-15(14)24/h1-4,6,8-9,14-15,19,22,24H,5,7,10H2. The topological polar surface area (TPSA) is 74.5 Å². The van der Waals surface area contributed by atoms with Crippen LogP contribution in [-0.2, 0) is 0 Å². The molecule has 0 bridgehead atoms. The number of aromatic nitrogens is 3. The van der Waals surface area contributed by atoms with Gasteiger partial charge in [0.2, 0.25) is 0 Å². The zero-order chi connectivity index (χ0) is 16.5. The number of aliphatic hydroxyl groups excluding tert-OH is 1. The number of fused-ring (bicyclic) bond motifs is 1. The van der Waals surface area contributed by atoms with E-state index in [4.69, 9.17) is 0 Å². The van der Waals surface area contributed by atoms with E-state index < -0.39 is 6.10 Å². The van der Waals surface area contributed by atoms with Crippen molar-refractivity contribution in [3.8, 4) is 11.3 Å². The van der Waals surface area contributed by atoms with Gasteiger partial charge in [-0.25, -0.2) is 9.37 Å². The minimum absolute atomic E-state index is 0.137. The molecule has 0 saturated carbocycles. The number of halogens is 1. The third-order valence-corrected chi connectivity index (χ3v) is 4.29. The first-order valence-corrected chi connectivity index (χ1v) is 7.97. The smallest absolute Gasteiger partial charge is 0.157 e. The first-order chi connectivity index (χ1) is 11.7. The average Bonchev–Trinajstić information content (AvgIpc) is 3.06. The Bertz CT molecular complexity index is 865. The summed E-state index contributed by atoms with van der Waals surface area (Å²) in [5.74, 6) is 0.357. The molecule has 6 nitrogen and oxygen atoms in total. The van der Waals surface area contributed by atoms with Crippen molar-refractivity contribution in [3.63, 3.8) is 0 Å². The van der Waals surface area contributed by atoms with Gasteiger partial charge in [0, 0.05) is 24.2 Å². The maximum absolute atomic E-state index is 14.1. The van der Waals surface area contributed by atoms with Crippen molar-refractivity contribution in [3.05, 3.63) is 48.4 Å². The summed E-state index contributed by atoms with van der Waals surface area (Å²) in [7, 11) is 0. The fourth-order valence-corrected chi connectivity index (χ4v) is 3.00. The van der Waals surface area contributed by atoms with Gasteiger partial charge in [-0.2, -0.15) is 9.61 Å². The highest BCUT2D eigenvalue weighted by Crippen LogP contribution is 2.25. The highest BCUT2D eigenvalue weighted by atomic mass is 19.1. The lowest BCUT2D eigenvalue weighted by Crippen LogP contribution is -2.48. The van der Waals surface area contributed by atoms with Crippen LogP contribution >= 0.6 is 0 Å². The van der Waals surface area contributed by atoms with E-state index in [1.807, 2.05) is 0 Å². The molecule has 2 atom stereocenters. The summed E-state index contributed by atoms with van der Waals surface area (Å²) < 4.78 is 15.8. The summed E-state index contributed by atoms with van der Waals surface area (Å²) in [5.41, 5.74) is 1.59. The van der Waals surface area contributed by atoms with Crippen LogP contribution in [0.25, 0.3) is 16.9 Å². The fourth-order valence-electron chi connectivity index (χ4n) is 3.00. The van der Waals surface area contributed by atoms with Crippen molar-refractivity contribution in [2.75, 3.05) is 18.4 Å². The summed E-state index contributed by atoms with van der Waals surface area (Å²) in [4.78, 5) is 4.48. The molecule has 124 valence electrons. The predicted molar refractivity (Wildman–Crippen MR) is 89.3 cm³/mol. The summed E-state index contributed by atoms with van der Waals surface area (Å²) >= 11 is 0. The Labute approximate surface area is 138 Å². The number of benzene rings is 1. The lowest BCUT2D eigenvalue weighted by atomic mass is 10.0. The van der Waals surface area contributed by atoms with E-state index in [1.165, 1.54) is 6.07 Å². The number of anilines is 1. The third-order valence-electron chi connectivity index (χ3n) is 4.29. The molecule has 1 aliphatic rings. The minimum atomic E-state index is -0.443. The van der Waals surface area contributed by atoms with Gasteiger partial charge in [-0.15, -0.1) is 0 Å². The van der Waals surface area contributed by atoms with Crippen LogP contribution in [0.4, 0.5) is 10.2 Å². The van der Waals surface area contributed by atoms with Crippen LogP contribution in [0.15, 0.2) is 42.6 Å². The number of nitrogens with zero attached hydrogens (tertiary/aromatic N) is 3. The normalized spacial score (nSPS) is 21.1. The molecule has 3 N–H and O–H groups in total. The van der Waals surface area contributed by atoms with Gasteiger partial charge in [0.25, 0.3) is 0 Å². The zero-order valence-electron chi connectivity index (χ0n) is 13.0. The summed E-state index contributed by atoms with van der Waals surface area (Å²) in [6.07, 6.45) is 1.89. The largest absolute Gasteiger partial charge is 0.391 e. The fraction of sp³-hybridized carbons (Fsp3) is 0.294. The Balaban J connectivity index is 1.77. The van der Waals surface area contributed by atoms with E-state index >= 15 is 0 Å². The Kier molecular flexibility index (Phi) is 3.87. The Morgan fingerprint density at radius 2 is 2.17 bits per heavy atom. The van der Waals surface area contributed by atoms with Crippen LogP contribution in [0.5, 0.6) is 0 Å². The second kappa shape index (κ2) is 6.18. The van der Waals surface area contributed by atoms with Gasteiger partial charge in [-0.1, -0.05) is 12.1 Å². The summed E-state index contributed by atoms with van der Waals surface area (Å²) in [5, 5.41) is 21.0. The predicted octanol–water partition coefficient (Wildman–Crippen LogP) is 1.67. The molecule has 1 aliphatic heterocycles. The molecular weight excluding hydrogens is 309 g/mol. The number of rotatable bonds is 3. The number of piperidine rings is 1. The van der Waals surface area contributed by atoms with E-state index in [1.54, 1.807) is 41.0 Å². The molecule has 7 heteroatoms. The van der Waals surface area contributed by atoms with Crippen molar-refractivity contribution in [1.82, 2.24) is 19.9 Å². The van der Waals surface area contributed by atoms with Crippen LogP contribution in [0.2, 0.25) is 0 Å². The van der Waals surface area contributed by atoms with Crippen LogP contribution in [0.3, 0.4) is 0 Å². The van der Waals surface area contributed by atoms with E-state index in [0.29, 0.717) is 35.7 Å². The van der Waals surface area contributed by atoms with Gasteiger partial charge in [-0.3, -0.25) is 0 Å². The highest BCUT2D eigenvalue weighted by Gasteiger charge is 2.24. The van der Waals surface area contributed by atoms with Gasteiger partial charge in [0.05, 0.1) is 24.0 Å². The molecule has 0 spiro atoms. The number of hydrogen-bond acceptors (Lipinski definition) is 5. The third kappa shape index (κ3) is 2.72. The first kappa shape index (κ1) is 15.0. The number of aliphatic hydroxyl groups is 1. The van der Waals surface area contributed by atoms with E-state index in [9.17, 15) is 9.50 Å². The first-order valence-electron chi connectivity index (χ1n) is 7.97. The monoisotopic (exact) mass is 327 g/mol. The zero-order valence-corrected chi connectivity index (χ0v) is 13.0. The molecule has 0 radical (unpaired) electrons. The van der Waals surface area contributed by atoms with Gasteiger partial charge in [-0.05, 0) is 25.1 Å². The maximum Gasteiger partial charge on any atom is 0.157 e. The van der Waals surface area contributed by atoms with Gasteiger partial charge >= 0.3 is 0 Å². The van der Waals surface area contributed by atoms with Gasteiger partial charge in [0.15, 0.2) is 5.65 Å². The summed E-state index contributed by atoms with van der Waals surface area (Å²) in [6, 6.07) is 9.94. The second-order valence-corrected chi connectivity index (χ2v) is 5.92. The summed E-state index contributed by atoms with van der Waals surface area (Å²) in [6.45, 7) is 1.45. The lowest BCUT2D eigenvalue weighted by molar-refractivity contribution is 0.124. The van der Waals surface area contributed by atoms with E-state index in [-0.39, 0.29) is 11.9 Å². The average molecular weight is 327 g/mol. The number of nitrogens with one attached hydrogen (secondary N) is 2. The van der Waals surface area contributed by atoms with Crippen LogP contribution in [0.1, 0.15) is 6.42 Å². The molecule has 1 aromatic carbocycles. The molecule has 1 saturated heterocycles. The van der Waals surface area contributed by atoms with Crippen molar-refractivity contribution in [2.24, 2.45) is 0 Å². The molecule has 3 heterocycles. The molecule has 4 rings (SSSR count). The van der Waals surface area contributed by atoms with Gasteiger partial charge < -0.3 is 15.7 Å². The van der Waals surface area contributed by atoms with Crippen molar-refractivity contribution >= 4 is 11.5 Å². The van der Waals surface area contributed by atoms with Crippen LogP contribution in [-0.4, -0.2) is 44.9 Å². The molecule has 0 amide bonds. The van der Waals surface area contributed by atoms with Crippen LogP contribution < -0.4 is 10.6 Å². The van der Waals surface area contributed by atoms with Crippen molar-refractivity contribution < 1.29 is 9.50 Å². The molecule has 3 aromatic rings. The Hall–Kier alpha value is -2.51. The SMILES string of the molecule is OC1CCNCC1Nc1cc(-c2ccccc2F)nc2ccnn12. The molecule has 2 aromatic heterocycles. The van der Waals surface area contributed by atoms with Crippen LogP contribution in [0, 0.1) is 5.82 Å². The molecule has 24 heavy (non-hydrogen) atoms. The number of hydrogen-bond donors (Lipinski definition) is 3. The Morgan fingerprint density at radius 3 is 3.00 bits per heavy atom. The molecule has 2 unspecified atom stereocenters. The Morgan fingerprint density at radius 1 is 1.29 bits per heavy atom. The molecule has 0 aliphatic carbocycles. The second-order valence-electron chi connectivity index (χ2n) is 5.92. The maximum atomic E-state index is 14.1.